The Hall–Kier alpha value is -3.36. The molecular formula is C30H33ClFN7O2. The third-order valence-electron chi connectivity index (χ3n) is 8.35. The summed E-state index contributed by atoms with van der Waals surface area (Å²) in [4.78, 5) is 18.5. The van der Waals surface area contributed by atoms with Crippen LogP contribution in [0.4, 0.5) is 4.39 Å². The third-order valence-corrected chi connectivity index (χ3v) is 8.66. The van der Waals surface area contributed by atoms with Gasteiger partial charge in [-0.2, -0.15) is 15.2 Å². The van der Waals surface area contributed by atoms with E-state index in [0.29, 0.717) is 55.6 Å². The predicted octanol–water partition coefficient (Wildman–Crippen LogP) is 3.78. The maximum Gasteiger partial charge on any atom is 0.318 e. The number of aliphatic imine (C=N–C) groups is 3. The van der Waals surface area contributed by atoms with Gasteiger partial charge in [0.2, 0.25) is 0 Å². The first-order valence-electron chi connectivity index (χ1n) is 14.0. The van der Waals surface area contributed by atoms with Crippen LogP contribution in [0.1, 0.15) is 18.4 Å². The maximum atomic E-state index is 16.5. The summed E-state index contributed by atoms with van der Waals surface area (Å²) >= 11 is 6.58. The highest BCUT2D eigenvalue weighted by atomic mass is 35.5. The predicted molar refractivity (Wildman–Crippen MR) is 158 cm³/mol. The number of allylic oxidation sites excluding steroid dienone is 1. The molecule has 11 heteroatoms. The van der Waals surface area contributed by atoms with Crippen molar-refractivity contribution in [2.45, 2.75) is 31.0 Å². The monoisotopic (exact) mass is 577 g/mol. The summed E-state index contributed by atoms with van der Waals surface area (Å²) < 4.78 is 28.2. The molecule has 4 aliphatic rings. The number of ether oxygens (including phenoxy) is 2. The lowest BCUT2D eigenvalue weighted by molar-refractivity contribution is 0.111. The number of likely N-dealkylation sites (tertiary alicyclic amines) is 1. The Morgan fingerprint density at radius 3 is 2.80 bits per heavy atom. The van der Waals surface area contributed by atoms with Crippen LogP contribution in [0.2, 0.25) is 5.02 Å². The number of hydrogen-bond donors (Lipinski definition) is 1. The summed E-state index contributed by atoms with van der Waals surface area (Å²) in [6.07, 6.45) is 1.36. The minimum atomic E-state index is -0.497. The Balaban J connectivity index is 1.35. The molecule has 214 valence electrons. The summed E-state index contributed by atoms with van der Waals surface area (Å²) in [5.41, 5.74) is 1.14. The van der Waals surface area contributed by atoms with Crippen molar-refractivity contribution >= 4 is 39.9 Å². The molecule has 0 spiro atoms. The molecular weight excluding hydrogens is 545 g/mol. The highest BCUT2D eigenvalue weighted by Gasteiger charge is 2.39. The number of fused-ring (bicyclic) bond motifs is 2. The van der Waals surface area contributed by atoms with E-state index in [0.717, 1.165) is 23.7 Å². The van der Waals surface area contributed by atoms with Gasteiger partial charge in [0.25, 0.3) is 0 Å². The first kappa shape index (κ1) is 27.8. The van der Waals surface area contributed by atoms with E-state index in [9.17, 15) is 5.26 Å². The van der Waals surface area contributed by atoms with Gasteiger partial charge in [-0.1, -0.05) is 41.9 Å². The molecule has 1 N–H and O–H groups in total. The fourth-order valence-corrected chi connectivity index (χ4v) is 6.43. The summed E-state index contributed by atoms with van der Waals surface area (Å²) in [6.45, 7) is 3.44. The van der Waals surface area contributed by atoms with Crippen LogP contribution in [0.3, 0.4) is 0 Å². The van der Waals surface area contributed by atoms with Gasteiger partial charge < -0.3 is 19.7 Å². The molecule has 0 aliphatic carbocycles. The number of nitriles is 1. The minimum Gasteiger partial charge on any atom is -0.462 e. The molecule has 2 aromatic carbocycles. The number of amidine groups is 2. The Morgan fingerprint density at radius 2 is 2.02 bits per heavy atom. The van der Waals surface area contributed by atoms with Crippen LogP contribution in [-0.2, 0) is 9.47 Å². The number of methoxy groups -OCH3 is 1. The summed E-state index contributed by atoms with van der Waals surface area (Å²) in [7, 11) is 3.76. The van der Waals surface area contributed by atoms with Crippen molar-refractivity contribution in [2.75, 3.05) is 53.5 Å². The van der Waals surface area contributed by atoms with E-state index in [-0.39, 0.29) is 35.6 Å². The molecule has 6 rings (SSSR count). The van der Waals surface area contributed by atoms with E-state index in [4.69, 9.17) is 31.1 Å². The van der Waals surface area contributed by atoms with Crippen molar-refractivity contribution in [1.82, 2.24) is 15.1 Å². The van der Waals surface area contributed by atoms with Crippen LogP contribution in [0, 0.1) is 17.2 Å². The molecule has 1 unspecified atom stereocenters. The molecule has 2 fully saturated rings. The lowest BCUT2D eigenvalue weighted by atomic mass is 9.92. The fourth-order valence-electron chi connectivity index (χ4n) is 6.14. The average molecular weight is 578 g/mol. The second-order valence-electron chi connectivity index (χ2n) is 10.9. The minimum absolute atomic E-state index is 0.00412. The largest absolute Gasteiger partial charge is 0.462 e. The van der Waals surface area contributed by atoms with Gasteiger partial charge in [-0.15, -0.1) is 0 Å². The zero-order chi connectivity index (χ0) is 28.5. The molecule has 2 aromatic rings. The Morgan fingerprint density at radius 1 is 1.20 bits per heavy atom. The van der Waals surface area contributed by atoms with Gasteiger partial charge in [-0.3, -0.25) is 9.89 Å². The molecule has 0 amide bonds. The lowest BCUT2D eigenvalue weighted by Gasteiger charge is -2.39. The first-order chi connectivity index (χ1) is 20.0. The molecule has 2 saturated heterocycles. The molecule has 9 nitrogen and oxygen atoms in total. The molecule has 4 aliphatic heterocycles. The van der Waals surface area contributed by atoms with Gasteiger partial charge >= 0.3 is 6.02 Å². The highest BCUT2D eigenvalue weighted by Crippen LogP contribution is 2.36. The van der Waals surface area contributed by atoms with E-state index < -0.39 is 11.7 Å². The van der Waals surface area contributed by atoms with Crippen molar-refractivity contribution < 1.29 is 13.9 Å². The number of benzene rings is 2. The number of likely N-dealkylation sites (N-methyl/N-ethyl adjacent to an activating group) is 1. The van der Waals surface area contributed by atoms with E-state index in [2.05, 4.69) is 26.2 Å². The van der Waals surface area contributed by atoms with E-state index >= 15 is 4.39 Å². The number of dihydropyridines is 1. The number of piperazine rings is 1. The lowest BCUT2D eigenvalue weighted by Crippen LogP contribution is -2.55. The summed E-state index contributed by atoms with van der Waals surface area (Å²) in [5.74, 6) is -0.273. The topological polar surface area (TPSA) is 97.8 Å². The Labute approximate surface area is 244 Å². The molecule has 4 heterocycles. The summed E-state index contributed by atoms with van der Waals surface area (Å²) in [5, 5.41) is 14.9. The summed E-state index contributed by atoms with van der Waals surface area (Å²) in [6, 6.07) is 13.8. The van der Waals surface area contributed by atoms with E-state index in [1.807, 2.05) is 37.4 Å². The maximum absolute atomic E-state index is 16.5. The average Bonchev–Trinajstić information content (AvgIpc) is 3.36. The van der Waals surface area contributed by atoms with Crippen LogP contribution < -0.4 is 5.32 Å². The van der Waals surface area contributed by atoms with Crippen LogP contribution >= 0.6 is 11.6 Å². The molecule has 0 bridgehead atoms. The van der Waals surface area contributed by atoms with Gasteiger partial charge in [0, 0.05) is 61.3 Å². The molecule has 41 heavy (non-hydrogen) atoms. The third kappa shape index (κ3) is 5.47. The quantitative estimate of drug-likeness (QED) is 0.581. The zero-order valence-electron chi connectivity index (χ0n) is 23.2. The van der Waals surface area contributed by atoms with Crippen molar-refractivity contribution in [3.8, 4) is 6.07 Å². The van der Waals surface area contributed by atoms with E-state index in [1.165, 1.54) is 0 Å². The van der Waals surface area contributed by atoms with Gasteiger partial charge in [-0.25, -0.2) is 4.39 Å². The van der Waals surface area contributed by atoms with Crippen molar-refractivity contribution in [2.24, 2.45) is 20.9 Å². The van der Waals surface area contributed by atoms with Crippen LogP contribution in [0.5, 0.6) is 0 Å². The normalized spacial score (nSPS) is 26.8. The highest BCUT2D eigenvalue weighted by molar-refractivity contribution is 6.37. The van der Waals surface area contributed by atoms with Gasteiger partial charge in [0.1, 0.15) is 18.2 Å². The molecule has 0 saturated carbocycles. The van der Waals surface area contributed by atoms with Crippen LogP contribution in [0.15, 0.2) is 62.9 Å². The Kier molecular flexibility index (Phi) is 8.04. The molecule has 0 aromatic heterocycles. The molecule has 0 radical (unpaired) electrons. The standard InChI is InChI=1S/C30H33ClFN7O2/c1-38-16-21(40-2)13-20(38)17-41-30-36-28-23(29(37-30)39-12-11-34-19(15-39)9-10-33)14-35-27(26(28)32)22-7-3-5-18-6-4-8-24(31)25(18)22/h3-8,19-21,23,34H,9,11-17H2,1-2H3/t19-,20-,21+,23?/m0/s1. The second-order valence-corrected chi connectivity index (χ2v) is 11.3. The fraction of sp³-hybridized carbons (Fsp3) is 0.467. The van der Waals surface area contributed by atoms with Gasteiger partial charge in [0.15, 0.2) is 5.83 Å². The van der Waals surface area contributed by atoms with Crippen molar-refractivity contribution in [3.63, 3.8) is 0 Å². The SMILES string of the molecule is CO[C@@H]1C[C@@H](COC2=NC3=C(F)C(c4cccc5cccc(Cl)c45)=NCC3C(N3CCN[C@@H](CC#N)C3)=N2)N(C)C1. The van der Waals surface area contributed by atoms with Crippen molar-refractivity contribution in [1.29, 1.82) is 5.26 Å². The zero-order valence-corrected chi connectivity index (χ0v) is 23.9. The molecule has 4 atom stereocenters. The van der Waals surface area contributed by atoms with Gasteiger partial charge in [-0.05, 0) is 24.9 Å². The smallest absolute Gasteiger partial charge is 0.318 e. The van der Waals surface area contributed by atoms with Crippen LogP contribution in [0.25, 0.3) is 10.8 Å². The number of halogens is 2. The number of rotatable bonds is 5. The number of nitrogens with one attached hydrogen (secondary N) is 1. The Bertz CT molecular complexity index is 1490. The number of hydrogen-bond acceptors (Lipinski definition) is 9. The van der Waals surface area contributed by atoms with Crippen LogP contribution in [-0.4, -0.2) is 99.0 Å². The second kappa shape index (κ2) is 11.9. The van der Waals surface area contributed by atoms with E-state index in [1.54, 1.807) is 13.2 Å². The number of nitrogens with zero attached hydrogens (tertiary/aromatic N) is 6. The first-order valence-corrected chi connectivity index (χ1v) is 14.3. The van der Waals surface area contributed by atoms with Crippen molar-refractivity contribution in [3.05, 3.63) is 58.5 Å². The van der Waals surface area contributed by atoms with Gasteiger partial charge in [0.05, 0.1) is 36.8 Å².